The van der Waals surface area contributed by atoms with Crippen molar-refractivity contribution in [1.29, 1.82) is 0 Å². The van der Waals surface area contributed by atoms with Gasteiger partial charge in [-0.3, -0.25) is 4.79 Å². The number of hydrogen-bond acceptors (Lipinski definition) is 3. The van der Waals surface area contributed by atoms with Crippen LogP contribution in [0.3, 0.4) is 0 Å². The molecule has 0 aliphatic rings. The molecule has 0 saturated heterocycles. The predicted octanol–water partition coefficient (Wildman–Crippen LogP) is 4.15. The van der Waals surface area contributed by atoms with E-state index < -0.39 is 12.0 Å². The first-order valence-corrected chi connectivity index (χ1v) is 8.97. The average Bonchev–Trinajstić information content (AvgIpc) is 3.06. The Labute approximate surface area is 159 Å². The van der Waals surface area contributed by atoms with Crippen molar-refractivity contribution < 1.29 is 9.90 Å². The average molecular weight is 363 g/mol. The van der Waals surface area contributed by atoms with E-state index in [1.807, 2.05) is 43.3 Å². The number of carbonyl (C=O) groups excluding carboxylic acids is 1. The summed E-state index contributed by atoms with van der Waals surface area (Å²) in [6.07, 6.45) is -1.24. The summed E-state index contributed by atoms with van der Waals surface area (Å²) in [5.74, 6) is 0.0404. The van der Waals surface area contributed by atoms with Gasteiger partial charge >= 0.3 is 0 Å². The molecule has 1 aromatic heterocycles. The third-order valence-corrected chi connectivity index (χ3v) is 4.37. The summed E-state index contributed by atoms with van der Waals surface area (Å²) >= 11 is 0. The number of aliphatic hydroxyl groups excluding tert-OH is 1. The molecule has 27 heavy (non-hydrogen) atoms. The van der Waals surface area contributed by atoms with E-state index in [1.165, 1.54) is 0 Å². The molecule has 2 aromatic carbocycles. The van der Waals surface area contributed by atoms with Crippen LogP contribution in [-0.4, -0.2) is 20.8 Å². The topological polar surface area (TPSA) is 67.2 Å². The molecule has 0 aliphatic carbocycles. The Hall–Kier alpha value is -2.92. The van der Waals surface area contributed by atoms with E-state index in [1.54, 1.807) is 28.9 Å². The fourth-order valence-electron chi connectivity index (χ4n) is 2.70. The molecule has 1 amide bonds. The number of aliphatic hydroxyl groups is 1. The van der Waals surface area contributed by atoms with Crippen LogP contribution in [0.1, 0.15) is 43.7 Å². The summed E-state index contributed by atoms with van der Waals surface area (Å²) in [6, 6.07) is 18.6. The summed E-state index contributed by atoms with van der Waals surface area (Å²) in [5, 5.41) is 17.9. The zero-order chi connectivity index (χ0) is 19.6. The van der Waals surface area contributed by atoms with Crippen LogP contribution in [0.25, 0.3) is 5.69 Å². The number of nitrogens with one attached hydrogen (secondary N) is 1. The summed E-state index contributed by atoms with van der Waals surface area (Å²) in [5.41, 5.74) is 3.22. The molecular formula is C22H25N3O2. The summed E-state index contributed by atoms with van der Waals surface area (Å²) < 4.78 is 1.70. The zero-order valence-electron chi connectivity index (χ0n) is 16.1. The fourth-order valence-corrected chi connectivity index (χ4v) is 2.70. The summed E-state index contributed by atoms with van der Waals surface area (Å²) in [7, 11) is 0. The SMILES string of the molecule is Cc1ccc(-n2nc(C(C)(C)C)cc2NC(=O)[C@@H](O)c2ccccc2)cc1. The smallest absolute Gasteiger partial charge is 0.258 e. The number of nitrogens with zero attached hydrogens (tertiary/aromatic N) is 2. The lowest BCUT2D eigenvalue weighted by molar-refractivity contribution is -0.124. The van der Waals surface area contributed by atoms with E-state index in [0.717, 1.165) is 16.9 Å². The lowest BCUT2D eigenvalue weighted by Gasteiger charge is -2.14. The van der Waals surface area contributed by atoms with Crippen LogP contribution >= 0.6 is 0 Å². The Bertz CT molecular complexity index is 922. The van der Waals surface area contributed by atoms with Gasteiger partial charge in [-0.05, 0) is 24.6 Å². The van der Waals surface area contributed by atoms with Crippen molar-refractivity contribution in [1.82, 2.24) is 9.78 Å². The molecule has 0 spiro atoms. The van der Waals surface area contributed by atoms with Gasteiger partial charge in [-0.15, -0.1) is 0 Å². The van der Waals surface area contributed by atoms with Gasteiger partial charge in [-0.2, -0.15) is 5.10 Å². The first-order valence-electron chi connectivity index (χ1n) is 8.97. The van der Waals surface area contributed by atoms with E-state index in [2.05, 4.69) is 31.2 Å². The van der Waals surface area contributed by atoms with Crippen molar-refractivity contribution in [2.24, 2.45) is 0 Å². The number of rotatable bonds is 4. The molecule has 2 N–H and O–H groups in total. The van der Waals surface area contributed by atoms with E-state index in [4.69, 9.17) is 0 Å². The monoisotopic (exact) mass is 363 g/mol. The summed E-state index contributed by atoms with van der Waals surface area (Å²) in [6.45, 7) is 8.23. The molecule has 0 aliphatic heterocycles. The molecule has 0 unspecified atom stereocenters. The molecule has 1 heterocycles. The second-order valence-corrected chi connectivity index (χ2v) is 7.71. The normalized spacial score (nSPS) is 12.6. The number of hydrogen-bond donors (Lipinski definition) is 2. The standard InChI is InChI=1S/C22H25N3O2/c1-15-10-12-17(13-11-15)25-19(14-18(24-25)22(2,3)4)23-21(27)20(26)16-8-6-5-7-9-16/h5-14,20,26H,1-4H3,(H,23,27)/t20-/m0/s1. The van der Waals surface area contributed by atoms with Gasteiger partial charge < -0.3 is 10.4 Å². The molecule has 3 rings (SSSR count). The number of aryl methyl sites for hydroxylation is 1. The lowest BCUT2D eigenvalue weighted by Crippen LogP contribution is -2.22. The highest BCUT2D eigenvalue weighted by Gasteiger charge is 2.24. The second kappa shape index (κ2) is 7.37. The van der Waals surface area contributed by atoms with Gasteiger partial charge in [0.05, 0.1) is 11.4 Å². The van der Waals surface area contributed by atoms with E-state index in [9.17, 15) is 9.90 Å². The van der Waals surface area contributed by atoms with Crippen molar-refractivity contribution >= 4 is 11.7 Å². The molecule has 0 saturated carbocycles. The van der Waals surface area contributed by atoms with Crippen LogP contribution in [0.2, 0.25) is 0 Å². The Morgan fingerprint density at radius 1 is 1.07 bits per heavy atom. The van der Waals surface area contributed by atoms with Crippen LogP contribution in [-0.2, 0) is 10.2 Å². The van der Waals surface area contributed by atoms with Gasteiger partial charge in [0.15, 0.2) is 6.10 Å². The van der Waals surface area contributed by atoms with Gasteiger partial charge in [0.1, 0.15) is 5.82 Å². The maximum atomic E-state index is 12.6. The Morgan fingerprint density at radius 3 is 2.30 bits per heavy atom. The number of anilines is 1. The van der Waals surface area contributed by atoms with Crippen LogP contribution in [0.15, 0.2) is 60.7 Å². The van der Waals surface area contributed by atoms with Crippen LogP contribution in [0, 0.1) is 6.92 Å². The third kappa shape index (κ3) is 4.26. The Kier molecular flexibility index (Phi) is 5.15. The molecule has 140 valence electrons. The molecule has 0 fully saturated rings. The van der Waals surface area contributed by atoms with Crippen LogP contribution < -0.4 is 5.32 Å². The minimum atomic E-state index is -1.24. The Balaban J connectivity index is 1.95. The van der Waals surface area contributed by atoms with Crippen molar-refractivity contribution in [3.05, 3.63) is 77.5 Å². The summed E-state index contributed by atoms with van der Waals surface area (Å²) in [4.78, 5) is 12.6. The maximum absolute atomic E-state index is 12.6. The van der Waals surface area contributed by atoms with Gasteiger partial charge in [-0.25, -0.2) is 4.68 Å². The molecule has 0 radical (unpaired) electrons. The molecule has 3 aromatic rings. The lowest BCUT2D eigenvalue weighted by atomic mass is 9.92. The largest absolute Gasteiger partial charge is 0.378 e. The molecular weight excluding hydrogens is 338 g/mol. The van der Waals surface area contributed by atoms with Crippen molar-refractivity contribution in [3.8, 4) is 5.69 Å². The van der Waals surface area contributed by atoms with Crippen molar-refractivity contribution in [2.45, 2.75) is 39.2 Å². The number of benzene rings is 2. The highest BCUT2D eigenvalue weighted by molar-refractivity contribution is 5.94. The molecule has 0 bridgehead atoms. The van der Waals surface area contributed by atoms with Crippen molar-refractivity contribution in [2.75, 3.05) is 5.32 Å². The minimum Gasteiger partial charge on any atom is -0.378 e. The quantitative estimate of drug-likeness (QED) is 0.732. The van der Waals surface area contributed by atoms with Crippen LogP contribution in [0.5, 0.6) is 0 Å². The van der Waals surface area contributed by atoms with Gasteiger partial charge in [0.25, 0.3) is 5.91 Å². The first kappa shape index (κ1) is 18.9. The number of amides is 1. The third-order valence-electron chi connectivity index (χ3n) is 4.37. The molecule has 5 nitrogen and oxygen atoms in total. The van der Waals surface area contributed by atoms with Crippen LogP contribution in [0.4, 0.5) is 5.82 Å². The van der Waals surface area contributed by atoms with Gasteiger partial charge in [0.2, 0.25) is 0 Å². The Morgan fingerprint density at radius 2 is 1.70 bits per heavy atom. The fraction of sp³-hybridized carbons (Fsp3) is 0.273. The first-order chi connectivity index (χ1) is 12.8. The van der Waals surface area contributed by atoms with E-state index in [-0.39, 0.29) is 5.41 Å². The molecule has 1 atom stereocenters. The highest BCUT2D eigenvalue weighted by Crippen LogP contribution is 2.27. The molecule has 5 heteroatoms. The minimum absolute atomic E-state index is 0.173. The highest BCUT2D eigenvalue weighted by atomic mass is 16.3. The maximum Gasteiger partial charge on any atom is 0.258 e. The predicted molar refractivity (Wildman–Crippen MR) is 107 cm³/mol. The van der Waals surface area contributed by atoms with Gasteiger partial charge in [-0.1, -0.05) is 68.8 Å². The van der Waals surface area contributed by atoms with E-state index in [0.29, 0.717) is 11.4 Å². The zero-order valence-corrected chi connectivity index (χ0v) is 16.1. The van der Waals surface area contributed by atoms with E-state index >= 15 is 0 Å². The van der Waals surface area contributed by atoms with Crippen molar-refractivity contribution in [3.63, 3.8) is 0 Å². The number of aromatic nitrogens is 2. The second-order valence-electron chi connectivity index (χ2n) is 7.71. The van der Waals surface area contributed by atoms with Gasteiger partial charge in [0, 0.05) is 11.5 Å². The number of carbonyl (C=O) groups is 1.